The van der Waals surface area contributed by atoms with Crippen LogP contribution in [-0.4, -0.2) is 23.1 Å². The lowest BCUT2D eigenvalue weighted by atomic mass is 9.68. The summed E-state index contributed by atoms with van der Waals surface area (Å²) in [5.41, 5.74) is 7.70. The number of benzene rings is 3. The highest BCUT2D eigenvalue weighted by Gasteiger charge is 2.46. The molecular weight excluding hydrogens is 444 g/mol. The number of carbonyl (C=O) groups excluding carboxylic acids is 2. The molecule has 1 atom stereocenters. The van der Waals surface area contributed by atoms with E-state index in [9.17, 15) is 9.59 Å². The third-order valence-corrected chi connectivity index (χ3v) is 7.56. The van der Waals surface area contributed by atoms with Gasteiger partial charge in [0.15, 0.2) is 5.78 Å². The van der Waals surface area contributed by atoms with E-state index in [2.05, 4.69) is 55.6 Å². The van der Waals surface area contributed by atoms with Crippen LogP contribution in [0.15, 0.2) is 107 Å². The fraction of sp³-hybridized carbons (Fsp3) is 0.250. The number of nitrogens with zero attached hydrogens (tertiary/aromatic N) is 1. The van der Waals surface area contributed by atoms with Crippen molar-refractivity contribution in [2.24, 2.45) is 5.41 Å². The van der Waals surface area contributed by atoms with Gasteiger partial charge in [0.1, 0.15) is 0 Å². The third-order valence-electron chi connectivity index (χ3n) is 7.56. The Kier molecular flexibility index (Phi) is 5.40. The molecule has 180 valence electrons. The van der Waals surface area contributed by atoms with Gasteiger partial charge in [-0.15, -0.1) is 0 Å². The molecule has 0 aromatic heterocycles. The van der Waals surface area contributed by atoms with Gasteiger partial charge in [0, 0.05) is 35.9 Å². The molecule has 36 heavy (non-hydrogen) atoms. The Morgan fingerprint density at radius 3 is 2.11 bits per heavy atom. The van der Waals surface area contributed by atoms with Crippen LogP contribution < -0.4 is 5.32 Å². The number of allylic oxidation sites excluding steroid dienone is 2. The Balaban J connectivity index is 1.40. The normalized spacial score (nSPS) is 20.8. The Hall–Kier alpha value is -3.92. The van der Waals surface area contributed by atoms with Crippen molar-refractivity contribution < 1.29 is 9.59 Å². The zero-order chi connectivity index (χ0) is 24.9. The molecule has 1 unspecified atom stereocenters. The van der Waals surface area contributed by atoms with Crippen LogP contribution in [0.1, 0.15) is 43.7 Å². The van der Waals surface area contributed by atoms with Crippen LogP contribution in [-0.2, 0) is 16.1 Å². The Bertz CT molecular complexity index is 1400. The molecule has 0 fully saturated rings. The molecular formula is C32H30N2O2. The minimum Gasteiger partial charge on any atom is -0.360 e. The summed E-state index contributed by atoms with van der Waals surface area (Å²) < 4.78 is 0. The van der Waals surface area contributed by atoms with Gasteiger partial charge in [-0.3, -0.25) is 9.59 Å². The van der Waals surface area contributed by atoms with Crippen molar-refractivity contribution in [1.29, 1.82) is 0 Å². The Morgan fingerprint density at radius 1 is 0.778 bits per heavy atom. The van der Waals surface area contributed by atoms with Gasteiger partial charge in [-0.05, 0) is 34.1 Å². The number of rotatable bonds is 4. The number of nitrogens with one attached hydrogen (secondary N) is 1. The average molecular weight is 475 g/mol. The van der Waals surface area contributed by atoms with E-state index in [1.165, 1.54) is 0 Å². The summed E-state index contributed by atoms with van der Waals surface area (Å²) in [6, 6.07) is 28.7. The van der Waals surface area contributed by atoms with Gasteiger partial charge in [-0.25, -0.2) is 0 Å². The second kappa shape index (κ2) is 8.63. The van der Waals surface area contributed by atoms with Gasteiger partial charge in [0.2, 0.25) is 0 Å². The first-order chi connectivity index (χ1) is 17.4. The van der Waals surface area contributed by atoms with Gasteiger partial charge in [-0.1, -0.05) is 98.8 Å². The van der Waals surface area contributed by atoms with Gasteiger partial charge >= 0.3 is 0 Å². The van der Waals surface area contributed by atoms with Crippen LogP contribution in [0.25, 0.3) is 11.1 Å². The van der Waals surface area contributed by atoms with Gasteiger partial charge in [0.25, 0.3) is 5.91 Å². The maximum atomic E-state index is 13.8. The first-order valence-electron chi connectivity index (χ1n) is 12.6. The third kappa shape index (κ3) is 3.97. The highest BCUT2D eigenvalue weighted by Crippen LogP contribution is 2.48. The quantitative estimate of drug-likeness (QED) is 0.506. The molecule has 6 rings (SSSR count). The SMILES string of the molecule is CC1(C)CC(=O)C2=C(C1)NC1=C(C(=O)N(Cc3ccccc3)C1)C2c1ccc(-c2ccccc2)cc1. The molecule has 3 aliphatic rings. The number of amides is 1. The fourth-order valence-electron chi connectivity index (χ4n) is 5.92. The second-order valence-corrected chi connectivity index (χ2v) is 10.9. The monoisotopic (exact) mass is 474 g/mol. The molecule has 0 radical (unpaired) electrons. The minimum atomic E-state index is -0.335. The topological polar surface area (TPSA) is 49.4 Å². The van der Waals surface area contributed by atoms with Crippen molar-refractivity contribution in [1.82, 2.24) is 10.2 Å². The maximum Gasteiger partial charge on any atom is 0.253 e. The van der Waals surface area contributed by atoms with Gasteiger partial charge in [0.05, 0.1) is 12.1 Å². The van der Waals surface area contributed by atoms with E-state index in [1.54, 1.807) is 0 Å². The lowest BCUT2D eigenvalue weighted by Gasteiger charge is -2.38. The first kappa shape index (κ1) is 22.5. The van der Waals surface area contributed by atoms with Gasteiger partial charge < -0.3 is 10.2 Å². The van der Waals surface area contributed by atoms with E-state index in [0.717, 1.165) is 51.2 Å². The predicted octanol–water partition coefficient (Wildman–Crippen LogP) is 5.98. The molecule has 0 bridgehead atoms. The molecule has 0 saturated carbocycles. The zero-order valence-corrected chi connectivity index (χ0v) is 20.8. The number of ketones is 1. The molecule has 4 nitrogen and oxygen atoms in total. The molecule has 0 spiro atoms. The Labute approximate surface area is 212 Å². The average Bonchev–Trinajstić information content (AvgIpc) is 3.17. The van der Waals surface area contributed by atoms with Crippen LogP contribution in [0.2, 0.25) is 0 Å². The largest absolute Gasteiger partial charge is 0.360 e. The van der Waals surface area contributed by atoms with Crippen molar-refractivity contribution in [2.45, 2.75) is 39.2 Å². The standard InChI is InChI=1S/C32H30N2O2/c1-32(2)17-25-29(27(35)18-32)28(24-15-13-23(14-16-24)22-11-7-4-8-12-22)30-26(33-25)20-34(31(30)36)19-21-9-5-3-6-10-21/h3-16,28,33H,17-20H2,1-2H3. The smallest absolute Gasteiger partial charge is 0.253 e. The highest BCUT2D eigenvalue weighted by atomic mass is 16.2. The van der Waals surface area contributed by atoms with E-state index in [1.807, 2.05) is 53.4 Å². The van der Waals surface area contributed by atoms with Crippen LogP contribution in [0.3, 0.4) is 0 Å². The second-order valence-electron chi connectivity index (χ2n) is 10.9. The Morgan fingerprint density at radius 2 is 1.42 bits per heavy atom. The first-order valence-corrected chi connectivity index (χ1v) is 12.6. The maximum absolute atomic E-state index is 13.8. The van der Waals surface area contributed by atoms with Crippen LogP contribution in [0.4, 0.5) is 0 Å². The van der Waals surface area contributed by atoms with E-state index in [4.69, 9.17) is 0 Å². The summed E-state index contributed by atoms with van der Waals surface area (Å²) in [4.78, 5) is 29.3. The molecule has 1 amide bonds. The summed E-state index contributed by atoms with van der Waals surface area (Å²) in [7, 11) is 0. The lowest BCUT2D eigenvalue weighted by Crippen LogP contribution is -2.37. The van der Waals surface area contributed by atoms with E-state index in [0.29, 0.717) is 19.5 Å². The number of Topliss-reactive ketones (excluding diaryl/α,β-unsaturated/α-hetero) is 1. The summed E-state index contributed by atoms with van der Waals surface area (Å²) >= 11 is 0. The van der Waals surface area contributed by atoms with E-state index < -0.39 is 0 Å². The van der Waals surface area contributed by atoms with Crippen molar-refractivity contribution in [3.63, 3.8) is 0 Å². The van der Waals surface area contributed by atoms with Crippen LogP contribution in [0.5, 0.6) is 0 Å². The molecule has 4 heteroatoms. The number of carbonyl (C=O) groups is 2. The number of dihydropyridines is 1. The minimum absolute atomic E-state index is 0.0164. The zero-order valence-electron chi connectivity index (χ0n) is 20.8. The van der Waals surface area contributed by atoms with Crippen molar-refractivity contribution >= 4 is 11.7 Å². The van der Waals surface area contributed by atoms with Crippen molar-refractivity contribution in [3.05, 3.63) is 119 Å². The van der Waals surface area contributed by atoms with Gasteiger partial charge in [-0.2, -0.15) is 0 Å². The van der Waals surface area contributed by atoms with Crippen LogP contribution >= 0.6 is 0 Å². The molecule has 1 N–H and O–H groups in total. The van der Waals surface area contributed by atoms with Crippen molar-refractivity contribution in [2.75, 3.05) is 6.54 Å². The molecule has 0 saturated heterocycles. The number of hydrogen-bond acceptors (Lipinski definition) is 3. The molecule has 1 aliphatic carbocycles. The molecule has 2 heterocycles. The van der Waals surface area contributed by atoms with E-state index >= 15 is 0 Å². The number of hydrogen-bond donors (Lipinski definition) is 1. The summed E-state index contributed by atoms with van der Waals surface area (Å²) in [6.45, 7) is 5.38. The molecule has 3 aromatic carbocycles. The fourth-order valence-corrected chi connectivity index (χ4v) is 5.92. The van der Waals surface area contributed by atoms with Crippen molar-refractivity contribution in [3.8, 4) is 11.1 Å². The molecule has 2 aliphatic heterocycles. The summed E-state index contributed by atoms with van der Waals surface area (Å²) in [6.07, 6.45) is 1.30. The predicted molar refractivity (Wildman–Crippen MR) is 142 cm³/mol. The summed E-state index contributed by atoms with van der Waals surface area (Å²) in [5, 5.41) is 3.56. The lowest BCUT2D eigenvalue weighted by molar-refractivity contribution is -0.126. The molecule has 3 aromatic rings. The van der Waals surface area contributed by atoms with E-state index in [-0.39, 0.29) is 23.0 Å². The van der Waals surface area contributed by atoms with Crippen LogP contribution in [0, 0.1) is 5.41 Å². The highest BCUT2D eigenvalue weighted by molar-refractivity contribution is 6.06. The summed E-state index contributed by atoms with van der Waals surface area (Å²) in [5.74, 6) is -0.174.